The van der Waals surface area contributed by atoms with Gasteiger partial charge in [0.25, 0.3) is 0 Å². The number of nitrogens with one attached hydrogen (secondary N) is 1. The first-order valence-corrected chi connectivity index (χ1v) is 6.95. The molecule has 0 aliphatic heterocycles. The summed E-state index contributed by atoms with van der Waals surface area (Å²) in [6.45, 7) is 6.06. The summed E-state index contributed by atoms with van der Waals surface area (Å²) in [7, 11) is 1.81. The van der Waals surface area contributed by atoms with Crippen molar-refractivity contribution in [2.45, 2.75) is 58.9 Å². The van der Waals surface area contributed by atoms with Gasteiger partial charge in [0.05, 0.1) is 0 Å². The summed E-state index contributed by atoms with van der Waals surface area (Å²) in [5.41, 5.74) is 0. The van der Waals surface area contributed by atoms with Gasteiger partial charge in [0.2, 0.25) is 11.6 Å². The summed E-state index contributed by atoms with van der Waals surface area (Å²) in [4.78, 5) is 14.6. The van der Waals surface area contributed by atoms with Crippen molar-refractivity contribution < 1.29 is 4.92 Å². The van der Waals surface area contributed by atoms with Crippen molar-refractivity contribution in [3.8, 4) is 0 Å². The Balaban J connectivity index is 2.91. The number of unbranched alkanes of at least 4 members (excludes halogenated alkanes) is 1. The van der Waals surface area contributed by atoms with Crippen molar-refractivity contribution in [1.29, 1.82) is 0 Å². The Hall–Kier alpha value is -1.59. The Morgan fingerprint density at radius 2 is 2.05 bits per heavy atom. The van der Waals surface area contributed by atoms with Gasteiger partial charge in [-0.05, 0) is 22.7 Å². The van der Waals surface area contributed by atoms with Gasteiger partial charge in [-0.1, -0.05) is 33.1 Å². The molecule has 0 bridgehead atoms. The van der Waals surface area contributed by atoms with E-state index in [1.165, 1.54) is 0 Å². The summed E-state index contributed by atoms with van der Waals surface area (Å²) < 4.78 is 1.76. The van der Waals surface area contributed by atoms with Crippen LogP contribution in [0.5, 0.6) is 0 Å². The molecule has 108 valence electrons. The van der Waals surface area contributed by atoms with E-state index in [1.54, 1.807) is 18.5 Å². The number of nitro groups is 1. The first-order chi connectivity index (χ1) is 9.01. The average Bonchev–Trinajstić information content (AvgIpc) is 2.64. The van der Waals surface area contributed by atoms with Crippen LogP contribution in [0.25, 0.3) is 0 Å². The van der Waals surface area contributed by atoms with Crippen LogP contribution in [-0.2, 0) is 7.05 Å². The fraction of sp³-hybridized carbons (Fsp3) is 0.769. The van der Waals surface area contributed by atoms with Crippen molar-refractivity contribution in [2.24, 2.45) is 7.05 Å². The minimum Gasteiger partial charge on any atom is -0.362 e. The third-order valence-electron chi connectivity index (χ3n) is 3.36. The largest absolute Gasteiger partial charge is 0.406 e. The fourth-order valence-electron chi connectivity index (χ4n) is 2.16. The van der Waals surface area contributed by atoms with Crippen LogP contribution in [-0.4, -0.2) is 20.5 Å². The molecule has 1 atom stereocenters. The number of aryl methyl sites for hydroxylation is 1. The van der Waals surface area contributed by atoms with Crippen LogP contribution >= 0.6 is 0 Å². The predicted octanol–water partition coefficient (Wildman–Crippen LogP) is 3.41. The van der Waals surface area contributed by atoms with Gasteiger partial charge in [0.1, 0.15) is 0 Å². The third-order valence-corrected chi connectivity index (χ3v) is 3.36. The molecule has 1 aromatic heterocycles. The minimum atomic E-state index is -0.418. The van der Waals surface area contributed by atoms with Gasteiger partial charge in [-0.3, -0.25) is 4.57 Å². The van der Waals surface area contributed by atoms with Gasteiger partial charge in [-0.25, -0.2) is 0 Å². The van der Waals surface area contributed by atoms with E-state index in [0.717, 1.165) is 32.1 Å². The molecule has 19 heavy (non-hydrogen) atoms. The monoisotopic (exact) mass is 268 g/mol. The number of aromatic nitrogens is 2. The number of rotatable bonds is 8. The van der Waals surface area contributed by atoms with E-state index >= 15 is 0 Å². The zero-order valence-corrected chi connectivity index (χ0v) is 12.3. The number of hydrogen-bond donors (Lipinski definition) is 1. The van der Waals surface area contributed by atoms with E-state index in [2.05, 4.69) is 24.1 Å². The summed E-state index contributed by atoms with van der Waals surface area (Å²) in [5.74, 6) is 1.11. The number of anilines is 1. The molecule has 0 fully saturated rings. The lowest BCUT2D eigenvalue weighted by Crippen LogP contribution is -2.21. The molecular formula is C13H24N4O2. The molecule has 0 saturated heterocycles. The molecule has 1 aromatic rings. The van der Waals surface area contributed by atoms with Crippen LogP contribution in [0.1, 0.15) is 51.8 Å². The Kier molecular flexibility index (Phi) is 5.79. The molecule has 0 aliphatic carbocycles. The van der Waals surface area contributed by atoms with Gasteiger partial charge >= 0.3 is 5.82 Å². The quantitative estimate of drug-likeness (QED) is 0.579. The number of imidazole rings is 1. The lowest BCUT2D eigenvalue weighted by molar-refractivity contribution is -0.388. The minimum absolute atomic E-state index is 0.0717. The molecule has 1 rings (SSSR count). The van der Waals surface area contributed by atoms with Crippen LogP contribution in [0.15, 0.2) is 0 Å². The molecule has 1 heterocycles. The number of hydrogen-bond acceptors (Lipinski definition) is 4. The Labute approximate surface area is 114 Å². The molecule has 0 radical (unpaired) electrons. The van der Waals surface area contributed by atoms with Crippen LogP contribution in [0.3, 0.4) is 0 Å². The molecule has 6 heteroatoms. The summed E-state index contributed by atoms with van der Waals surface area (Å²) in [6.07, 6.45) is 5.37. The maximum Gasteiger partial charge on any atom is 0.406 e. The maximum absolute atomic E-state index is 11.0. The van der Waals surface area contributed by atoms with Crippen LogP contribution in [0.2, 0.25) is 0 Å². The smallest absolute Gasteiger partial charge is 0.362 e. The highest BCUT2D eigenvalue weighted by molar-refractivity contribution is 5.54. The van der Waals surface area contributed by atoms with E-state index in [1.807, 2.05) is 0 Å². The van der Waals surface area contributed by atoms with Gasteiger partial charge in [-0.15, -0.1) is 0 Å². The first-order valence-electron chi connectivity index (χ1n) is 6.95. The lowest BCUT2D eigenvalue weighted by Gasteiger charge is -2.18. The molecule has 1 N–H and O–H groups in total. The molecular weight excluding hydrogens is 244 g/mol. The van der Waals surface area contributed by atoms with E-state index in [9.17, 15) is 10.1 Å². The van der Waals surface area contributed by atoms with Crippen molar-refractivity contribution in [3.63, 3.8) is 0 Å². The summed E-state index contributed by atoms with van der Waals surface area (Å²) >= 11 is 0. The second-order valence-corrected chi connectivity index (χ2v) is 4.92. The lowest BCUT2D eigenvalue weighted by atomic mass is 10.1. The summed E-state index contributed by atoms with van der Waals surface area (Å²) in [6, 6.07) is 0.276. The molecule has 0 spiro atoms. The van der Waals surface area contributed by atoms with Crippen LogP contribution in [0.4, 0.5) is 11.6 Å². The number of nitrogens with zero attached hydrogens (tertiary/aromatic N) is 3. The topological polar surface area (TPSA) is 73.0 Å². The van der Waals surface area contributed by atoms with Gasteiger partial charge in [-0.2, -0.15) is 0 Å². The van der Waals surface area contributed by atoms with Gasteiger partial charge < -0.3 is 15.4 Å². The molecule has 6 nitrogen and oxygen atoms in total. The van der Waals surface area contributed by atoms with Crippen LogP contribution < -0.4 is 5.32 Å². The van der Waals surface area contributed by atoms with E-state index in [4.69, 9.17) is 0 Å². The van der Waals surface area contributed by atoms with Crippen molar-refractivity contribution in [3.05, 3.63) is 15.9 Å². The Bertz CT molecular complexity index is 429. The second-order valence-electron chi connectivity index (χ2n) is 4.92. The van der Waals surface area contributed by atoms with E-state index in [0.29, 0.717) is 11.6 Å². The van der Waals surface area contributed by atoms with E-state index < -0.39 is 4.92 Å². The predicted molar refractivity (Wildman–Crippen MR) is 76.4 cm³/mol. The zero-order valence-electron chi connectivity index (χ0n) is 12.3. The first kappa shape index (κ1) is 15.5. The van der Waals surface area contributed by atoms with Gasteiger partial charge in [0, 0.05) is 20.0 Å². The Morgan fingerprint density at radius 3 is 2.58 bits per heavy atom. The second kappa shape index (κ2) is 7.11. The van der Waals surface area contributed by atoms with E-state index in [-0.39, 0.29) is 11.9 Å². The van der Waals surface area contributed by atoms with Crippen LogP contribution in [0, 0.1) is 17.0 Å². The molecule has 0 aromatic carbocycles. The normalized spacial score (nSPS) is 12.4. The third kappa shape index (κ3) is 3.94. The molecule has 0 amide bonds. The zero-order chi connectivity index (χ0) is 14.4. The molecule has 1 unspecified atom stereocenters. The highest BCUT2D eigenvalue weighted by atomic mass is 16.6. The van der Waals surface area contributed by atoms with Gasteiger partial charge in [0.15, 0.2) is 0 Å². The average molecular weight is 268 g/mol. The fourth-order valence-corrected chi connectivity index (χ4v) is 2.16. The summed E-state index contributed by atoms with van der Waals surface area (Å²) in [5, 5.41) is 14.3. The Morgan fingerprint density at radius 1 is 1.37 bits per heavy atom. The molecule has 0 saturated carbocycles. The maximum atomic E-state index is 11.0. The van der Waals surface area contributed by atoms with Crippen molar-refractivity contribution in [1.82, 2.24) is 9.55 Å². The SMILES string of the molecule is CCCCC(CCC)Nc1c([N+](=O)[O-])nc(C)n1C. The molecule has 0 aliphatic rings. The standard InChI is InChI=1S/C13H24N4O2/c1-5-7-9-11(8-6-2)15-12-13(17(18)19)14-10(3)16(12)4/h11,15H,5-9H2,1-4H3. The highest BCUT2D eigenvalue weighted by Crippen LogP contribution is 2.26. The van der Waals surface area contributed by atoms with Crippen molar-refractivity contribution in [2.75, 3.05) is 5.32 Å². The highest BCUT2D eigenvalue weighted by Gasteiger charge is 2.25. The van der Waals surface area contributed by atoms with Crippen molar-refractivity contribution >= 4 is 11.6 Å².